The molecule has 1 aliphatic carbocycles. The van der Waals surface area contributed by atoms with Crippen LogP contribution in [0, 0.1) is 5.41 Å². The van der Waals surface area contributed by atoms with Gasteiger partial charge < -0.3 is 14.5 Å². The summed E-state index contributed by atoms with van der Waals surface area (Å²) in [6, 6.07) is 0.494. The molecule has 1 fully saturated rings. The van der Waals surface area contributed by atoms with E-state index in [-0.39, 0.29) is 0 Å². The quantitative estimate of drug-likeness (QED) is 0.725. The Labute approximate surface area is 106 Å². The number of methoxy groups -OCH3 is 1. The maximum atomic E-state index is 5.60. The summed E-state index contributed by atoms with van der Waals surface area (Å²) in [4.78, 5) is 0. The second-order valence-electron chi connectivity index (χ2n) is 4.54. The van der Waals surface area contributed by atoms with Crippen molar-refractivity contribution in [3.63, 3.8) is 0 Å². The number of hydrogen-bond donors (Lipinski definition) is 1. The minimum Gasteiger partial charge on any atom is -0.408 e. The summed E-state index contributed by atoms with van der Waals surface area (Å²) < 4.78 is 10.5. The maximum Gasteiger partial charge on any atom is 0.315 e. The molecule has 1 aromatic rings. The standard InChI is InChI=1S/C11H18ClN3O2/c1-16-7-5-11(3-4-11)8-13-10-15-14-9(17-10)2-6-12/h2-8H2,1H3,(H,13,15). The van der Waals surface area contributed by atoms with Gasteiger partial charge in [-0.15, -0.1) is 16.7 Å². The van der Waals surface area contributed by atoms with Gasteiger partial charge >= 0.3 is 6.01 Å². The lowest BCUT2D eigenvalue weighted by molar-refractivity contribution is 0.174. The highest BCUT2D eigenvalue weighted by Crippen LogP contribution is 2.48. The first-order chi connectivity index (χ1) is 8.28. The highest BCUT2D eigenvalue weighted by Gasteiger charge is 2.42. The van der Waals surface area contributed by atoms with Crippen LogP contribution in [0.25, 0.3) is 0 Å². The van der Waals surface area contributed by atoms with E-state index >= 15 is 0 Å². The van der Waals surface area contributed by atoms with Gasteiger partial charge in [0.15, 0.2) is 0 Å². The number of anilines is 1. The molecule has 1 aromatic heterocycles. The van der Waals surface area contributed by atoms with Gasteiger partial charge in [0.05, 0.1) is 0 Å². The van der Waals surface area contributed by atoms with Gasteiger partial charge in [0.1, 0.15) is 0 Å². The summed E-state index contributed by atoms with van der Waals surface area (Å²) in [7, 11) is 1.74. The lowest BCUT2D eigenvalue weighted by atomic mass is 10.0. The van der Waals surface area contributed by atoms with Crippen LogP contribution in [0.15, 0.2) is 4.42 Å². The van der Waals surface area contributed by atoms with Gasteiger partial charge in [-0.3, -0.25) is 0 Å². The largest absolute Gasteiger partial charge is 0.408 e. The van der Waals surface area contributed by atoms with E-state index in [4.69, 9.17) is 20.8 Å². The van der Waals surface area contributed by atoms with Crippen LogP contribution in [-0.4, -0.2) is 36.3 Å². The topological polar surface area (TPSA) is 60.2 Å². The number of rotatable bonds is 8. The minimum absolute atomic E-state index is 0.372. The summed E-state index contributed by atoms with van der Waals surface area (Å²) in [5.74, 6) is 1.09. The van der Waals surface area contributed by atoms with E-state index in [0.29, 0.717) is 29.6 Å². The number of aromatic nitrogens is 2. The smallest absolute Gasteiger partial charge is 0.315 e. The summed E-state index contributed by atoms with van der Waals surface area (Å²) in [5, 5.41) is 11.0. The zero-order chi connectivity index (χ0) is 12.1. The molecule has 0 unspecified atom stereocenters. The molecular formula is C11H18ClN3O2. The molecule has 0 amide bonds. The fourth-order valence-electron chi connectivity index (χ4n) is 1.78. The van der Waals surface area contributed by atoms with Crippen molar-refractivity contribution in [3.05, 3.63) is 5.89 Å². The number of nitrogens with one attached hydrogen (secondary N) is 1. The third-order valence-electron chi connectivity index (χ3n) is 3.18. The molecule has 0 aliphatic heterocycles. The first-order valence-electron chi connectivity index (χ1n) is 5.89. The predicted octanol–water partition coefficient (Wildman–Crippen LogP) is 2.08. The van der Waals surface area contributed by atoms with Crippen LogP contribution < -0.4 is 5.32 Å². The Morgan fingerprint density at radius 2 is 2.29 bits per heavy atom. The Morgan fingerprint density at radius 1 is 1.47 bits per heavy atom. The van der Waals surface area contributed by atoms with E-state index < -0.39 is 0 Å². The van der Waals surface area contributed by atoms with E-state index in [1.165, 1.54) is 12.8 Å². The molecule has 0 bridgehead atoms. The maximum absolute atomic E-state index is 5.60. The second kappa shape index (κ2) is 5.69. The molecule has 1 aliphatic rings. The third-order valence-corrected chi connectivity index (χ3v) is 3.37. The van der Waals surface area contributed by atoms with Gasteiger partial charge in [-0.25, -0.2) is 0 Å². The molecule has 0 atom stereocenters. The van der Waals surface area contributed by atoms with Crippen molar-refractivity contribution in [1.82, 2.24) is 10.2 Å². The van der Waals surface area contributed by atoms with E-state index in [0.717, 1.165) is 19.6 Å². The Balaban J connectivity index is 1.77. The number of halogens is 1. The van der Waals surface area contributed by atoms with Gasteiger partial charge in [0, 0.05) is 32.6 Å². The average Bonchev–Trinajstić information content (AvgIpc) is 2.97. The van der Waals surface area contributed by atoms with Crippen LogP contribution >= 0.6 is 11.6 Å². The molecule has 0 aromatic carbocycles. The highest BCUT2D eigenvalue weighted by atomic mass is 35.5. The van der Waals surface area contributed by atoms with Crippen molar-refractivity contribution in [1.29, 1.82) is 0 Å². The van der Waals surface area contributed by atoms with Crippen LogP contribution in [-0.2, 0) is 11.2 Å². The molecule has 0 saturated heterocycles. The van der Waals surface area contributed by atoms with Crippen molar-refractivity contribution >= 4 is 17.6 Å². The lowest BCUT2D eigenvalue weighted by Gasteiger charge is -2.13. The normalized spacial score (nSPS) is 17.1. The molecule has 0 radical (unpaired) electrons. The number of alkyl halides is 1. The number of hydrogen-bond acceptors (Lipinski definition) is 5. The Hall–Kier alpha value is -0.810. The van der Waals surface area contributed by atoms with Gasteiger partial charge in [-0.2, -0.15) is 0 Å². The van der Waals surface area contributed by atoms with E-state index in [9.17, 15) is 0 Å². The van der Waals surface area contributed by atoms with Gasteiger partial charge in [0.25, 0.3) is 0 Å². The number of aryl methyl sites for hydroxylation is 1. The van der Waals surface area contributed by atoms with Crippen LogP contribution in [0.1, 0.15) is 25.2 Å². The average molecular weight is 260 g/mol. The molecule has 96 valence electrons. The molecule has 1 heterocycles. The van der Waals surface area contributed by atoms with Crippen molar-refractivity contribution < 1.29 is 9.15 Å². The van der Waals surface area contributed by atoms with E-state index in [2.05, 4.69) is 15.5 Å². The van der Waals surface area contributed by atoms with Crippen molar-refractivity contribution in [2.45, 2.75) is 25.7 Å². The van der Waals surface area contributed by atoms with E-state index in [1.54, 1.807) is 7.11 Å². The van der Waals surface area contributed by atoms with E-state index in [1.807, 2.05) is 0 Å². The molecule has 1 saturated carbocycles. The monoisotopic (exact) mass is 259 g/mol. The summed E-state index contributed by atoms with van der Waals surface area (Å²) in [6.07, 6.45) is 4.18. The molecule has 5 nitrogen and oxygen atoms in total. The summed E-state index contributed by atoms with van der Waals surface area (Å²) in [5.41, 5.74) is 0.372. The molecule has 1 N–H and O–H groups in total. The Morgan fingerprint density at radius 3 is 2.94 bits per heavy atom. The van der Waals surface area contributed by atoms with Crippen molar-refractivity contribution in [3.8, 4) is 0 Å². The Kier molecular flexibility index (Phi) is 4.23. The fourth-order valence-corrected chi connectivity index (χ4v) is 1.94. The first-order valence-corrected chi connectivity index (χ1v) is 6.43. The van der Waals surface area contributed by atoms with Crippen LogP contribution in [0.5, 0.6) is 0 Å². The molecule has 2 rings (SSSR count). The summed E-state index contributed by atoms with van der Waals surface area (Å²) in [6.45, 7) is 1.68. The van der Waals surface area contributed by atoms with Crippen molar-refractivity contribution in [2.24, 2.45) is 5.41 Å². The highest BCUT2D eigenvalue weighted by molar-refractivity contribution is 6.17. The molecular weight excluding hydrogens is 242 g/mol. The minimum atomic E-state index is 0.372. The molecule has 0 spiro atoms. The second-order valence-corrected chi connectivity index (χ2v) is 4.91. The lowest BCUT2D eigenvalue weighted by Crippen LogP contribution is -2.17. The van der Waals surface area contributed by atoms with Crippen LogP contribution in [0.2, 0.25) is 0 Å². The number of nitrogens with zero attached hydrogens (tertiary/aromatic N) is 2. The number of ether oxygens (including phenoxy) is 1. The Bertz CT molecular complexity index is 352. The van der Waals surface area contributed by atoms with Crippen LogP contribution in [0.4, 0.5) is 6.01 Å². The van der Waals surface area contributed by atoms with Gasteiger partial charge in [-0.05, 0) is 24.7 Å². The predicted molar refractivity (Wildman–Crippen MR) is 65.4 cm³/mol. The fraction of sp³-hybridized carbons (Fsp3) is 0.818. The zero-order valence-electron chi connectivity index (χ0n) is 10.0. The summed E-state index contributed by atoms with van der Waals surface area (Å²) >= 11 is 5.60. The molecule has 6 heteroatoms. The SMILES string of the molecule is COCCC1(CNc2nnc(CCCl)o2)CC1. The zero-order valence-corrected chi connectivity index (χ0v) is 10.8. The van der Waals surface area contributed by atoms with Crippen LogP contribution in [0.3, 0.4) is 0 Å². The van der Waals surface area contributed by atoms with Crippen molar-refractivity contribution in [2.75, 3.05) is 31.5 Å². The molecule has 17 heavy (non-hydrogen) atoms. The first kappa shape index (κ1) is 12.6. The van der Waals surface area contributed by atoms with Gasteiger partial charge in [-0.1, -0.05) is 5.10 Å². The van der Waals surface area contributed by atoms with Gasteiger partial charge in [0.2, 0.25) is 5.89 Å². The third kappa shape index (κ3) is 3.57.